The zero-order valence-corrected chi connectivity index (χ0v) is 10.7. The molecule has 4 heterocycles. The Bertz CT molecular complexity index is 622. The highest BCUT2D eigenvalue weighted by Gasteiger charge is 2.38. The van der Waals surface area contributed by atoms with Crippen molar-refractivity contribution in [1.82, 2.24) is 9.38 Å². The Hall–Kier alpha value is -1.68. The van der Waals surface area contributed by atoms with E-state index < -0.39 is 0 Å². The molecule has 2 aliphatic heterocycles. The van der Waals surface area contributed by atoms with Crippen LogP contribution in [-0.4, -0.2) is 27.4 Å². The number of Topliss-reactive ketones (excluding diaryl/α,β-unsaturated/α-hetero) is 1. The molecule has 0 amide bonds. The van der Waals surface area contributed by atoms with E-state index in [0.29, 0.717) is 12.2 Å². The van der Waals surface area contributed by atoms with Gasteiger partial charge in [0.1, 0.15) is 5.65 Å². The first-order valence-corrected chi connectivity index (χ1v) is 6.93. The summed E-state index contributed by atoms with van der Waals surface area (Å²) >= 11 is 0. The van der Waals surface area contributed by atoms with E-state index in [9.17, 15) is 4.79 Å². The topological polar surface area (TPSA) is 43.6 Å². The van der Waals surface area contributed by atoms with Crippen molar-refractivity contribution in [3.63, 3.8) is 0 Å². The first kappa shape index (κ1) is 11.2. The highest BCUT2D eigenvalue weighted by Crippen LogP contribution is 2.37. The number of hydrogen-bond donors (Lipinski definition) is 0. The molecule has 0 N–H and O–H groups in total. The molecule has 98 valence electrons. The molecule has 2 atom stereocenters. The first-order chi connectivity index (χ1) is 9.31. The van der Waals surface area contributed by atoms with Crippen molar-refractivity contribution in [3.05, 3.63) is 36.3 Å². The molecule has 0 radical (unpaired) electrons. The second-order valence-corrected chi connectivity index (χ2v) is 5.56. The summed E-state index contributed by atoms with van der Waals surface area (Å²) in [5, 5.41) is 0. The van der Waals surface area contributed by atoms with Gasteiger partial charge in [-0.3, -0.25) is 9.20 Å². The normalized spacial score (nSPS) is 29.8. The third kappa shape index (κ3) is 1.78. The second kappa shape index (κ2) is 4.17. The van der Waals surface area contributed by atoms with E-state index in [1.54, 1.807) is 6.20 Å². The number of imidazole rings is 1. The summed E-state index contributed by atoms with van der Waals surface area (Å²) in [5.74, 6) is 0.350. The quantitative estimate of drug-likeness (QED) is 0.775. The number of nitrogens with zero attached hydrogens (tertiary/aromatic N) is 2. The van der Waals surface area contributed by atoms with Crippen molar-refractivity contribution in [2.24, 2.45) is 5.92 Å². The van der Waals surface area contributed by atoms with E-state index in [-0.39, 0.29) is 11.7 Å². The second-order valence-electron chi connectivity index (χ2n) is 5.56. The predicted molar refractivity (Wildman–Crippen MR) is 70.1 cm³/mol. The highest BCUT2D eigenvalue weighted by molar-refractivity contribution is 5.97. The number of ketones is 1. The molecular weight excluding hydrogens is 240 g/mol. The minimum Gasteiger partial charge on any atom is -0.375 e. The Morgan fingerprint density at radius 1 is 1.26 bits per heavy atom. The number of ether oxygens (including phenoxy) is 1. The smallest absolute Gasteiger partial charge is 0.182 e. The van der Waals surface area contributed by atoms with Crippen LogP contribution in [-0.2, 0) is 4.74 Å². The summed E-state index contributed by atoms with van der Waals surface area (Å²) in [4.78, 5) is 17.0. The standard InChI is InChI=1S/C15H16N2O2/c18-15(10-8-11-4-5-12(9-10)19-11)13-2-1-3-14-16-6-7-17(13)14/h1-3,6-7,10-12H,4-5,8-9H2. The maximum absolute atomic E-state index is 12.7. The largest absolute Gasteiger partial charge is 0.375 e. The van der Waals surface area contributed by atoms with Crippen LogP contribution < -0.4 is 0 Å². The minimum atomic E-state index is 0.110. The Morgan fingerprint density at radius 2 is 2.05 bits per heavy atom. The van der Waals surface area contributed by atoms with Gasteiger partial charge in [0.2, 0.25) is 0 Å². The Labute approximate surface area is 111 Å². The predicted octanol–water partition coefficient (Wildman–Crippen LogP) is 2.47. The summed E-state index contributed by atoms with van der Waals surface area (Å²) in [6, 6.07) is 5.72. The van der Waals surface area contributed by atoms with E-state index >= 15 is 0 Å². The van der Waals surface area contributed by atoms with Crippen molar-refractivity contribution < 1.29 is 9.53 Å². The zero-order chi connectivity index (χ0) is 12.8. The van der Waals surface area contributed by atoms with Gasteiger partial charge in [-0.15, -0.1) is 0 Å². The lowest BCUT2D eigenvalue weighted by Gasteiger charge is -2.27. The van der Waals surface area contributed by atoms with Crippen molar-refractivity contribution >= 4 is 11.4 Å². The molecule has 4 nitrogen and oxygen atoms in total. The number of carbonyl (C=O) groups excluding carboxylic acids is 1. The van der Waals surface area contributed by atoms with Crippen molar-refractivity contribution in [2.45, 2.75) is 37.9 Å². The van der Waals surface area contributed by atoms with Crippen LogP contribution in [0.15, 0.2) is 30.6 Å². The third-order valence-corrected chi connectivity index (χ3v) is 4.34. The van der Waals surface area contributed by atoms with Crippen LogP contribution in [0.5, 0.6) is 0 Å². The van der Waals surface area contributed by atoms with Crippen LogP contribution in [0, 0.1) is 5.92 Å². The van der Waals surface area contributed by atoms with Crippen molar-refractivity contribution in [1.29, 1.82) is 0 Å². The van der Waals surface area contributed by atoms with Gasteiger partial charge >= 0.3 is 0 Å². The molecule has 2 fully saturated rings. The molecule has 0 aromatic carbocycles. The maximum Gasteiger partial charge on any atom is 0.182 e. The summed E-state index contributed by atoms with van der Waals surface area (Å²) in [5.41, 5.74) is 1.59. The van der Waals surface area contributed by atoms with E-state index in [4.69, 9.17) is 4.74 Å². The van der Waals surface area contributed by atoms with Crippen molar-refractivity contribution in [2.75, 3.05) is 0 Å². The SMILES string of the molecule is O=C(c1cccc2nccn12)C1CC2CCC(C1)O2. The van der Waals surface area contributed by atoms with Gasteiger partial charge in [0.15, 0.2) is 5.78 Å². The van der Waals surface area contributed by atoms with Crippen LogP contribution in [0.4, 0.5) is 0 Å². The number of rotatable bonds is 2. The van der Waals surface area contributed by atoms with E-state index in [0.717, 1.165) is 37.0 Å². The maximum atomic E-state index is 12.7. The summed E-state index contributed by atoms with van der Waals surface area (Å²) in [7, 11) is 0. The monoisotopic (exact) mass is 256 g/mol. The van der Waals surface area contributed by atoms with Gasteiger partial charge in [0.25, 0.3) is 0 Å². The average Bonchev–Trinajstić information content (AvgIpc) is 3.04. The van der Waals surface area contributed by atoms with Gasteiger partial charge in [-0.1, -0.05) is 6.07 Å². The van der Waals surface area contributed by atoms with E-state index in [2.05, 4.69) is 4.98 Å². The van der Waals surface area contributed by atoms with Gasteiger partial charge in [-0.25, -0.2) is 4.98 Å². The van der Waals surface area contributed by atoms with Gasteiger partial charge in [0, 0.05) is 18.3 Å². The number of pyridine rings is 1. The van der Waals surface area contributed by atoms with Gasteiger partial charge in [0.05, 0.1) is 17.9 Å². The fraction of sp³-hybridized carbons (Fsp3) is 0.467. The molecule has 4 rings (SSSR count). The molecule has 2 aromatic heterocycles. The lowest BCUT2D eigenvalue weighted by atomic mass is 9.89. The van der Waals surface area contributed by atoms with Crippen LogP contribution >= 0.6 is 0 Å². The number of aromatic nitrogens is 2. The van der Waals surface area contributed by atoms with Crippen LogP contribution in [0.25, 0.3) is 5.65 Å². The summed E-state index contributed by atoms with van der Waals surface area (Å²) < 4.78 is 7.70. The third-order valence-electron chi connectivity index (χ3n) is 4.34. The zero-order valence-electron chi connectivity index (χ0n) is 10.7. The average molecular weight is 256 g/mol. The molecule has 2 saturated heterocycles. The molecule has 4 heteroatoms. The molecule has 19 heavy (non-hydrogen) atoms. The van der Waals surface area contributed by atoms with Crippen LogP contribution in [0.1, 0.15) is 36.2 Å². The molecule has 2 aliphatic rings. The Morgan fingerprint density at radius 3 is 2.84 bits per heavy atom. The van der Waals surface area contributed by atoms with Gasteiger partial charge in [-0.05, 0) is 37.8 Å². The molecule has 2 aromatic rings. The van der Waals surface area contributed by atoms with E-state index in [1.807, 2.05) is 28.8 Å². The molecule has 2 bridgehead atoms. The summed E-state index contributed by atoms with van der Waals surface area (Å²) in [6.45, 7) is 0. The number of fused-ring (bicyclic) bond motifs is 3. The van der Waals surface area contributed by atoms with Gasteiger partial charge < -0.3 is 4.74 Å². The molecular formula is C15H16N2O2. The highest BCUT2D eigenvalue weighted by atomic mass is 16.5. The summed E-state index contributed by atoms with van der Waals surface area (Å²) in [6.07, 6.45) is 8.18. The van der Waals surface area contributed by atoms with Crippen molar-refractivity contribution in [3.8, 4) is 0 Å². The Balaban J connectivity index is 1.68. The number of hydrogen-bond acceptors (Lipinski definition) is 3. The molecule has 0 aliphatic carbocycles. The molecule has 2 unspecified atom stereocenters. The fourth-order valence-electron chi connectivity index (χ4n) is 3.43. The molecule has 0 spiro atoms. The lowest BCUT2D eigenvalue weighted by molar-refractivity contribution is -0.0150. The van der Waals surface area contributed by atoms with Crippen LogP contribution in [0.3, 0.4) is 0 Å². The fourth-order valence-corrected chi connectivity index (χ4v) is 3.43. The molecule has 0 saturated carbocycles. The van der Waals surface area contributed by atoms with Gasteiger partial charge in [-0.2, -0.15) is 0 Å². The Kier molecular flexibility index (Phi) is 2.45. The minimum absolute atomic E-state index is 0.110. The number of carbonyl (C=O) groups is 1. The van der Waals surface area contributed by atoms with Crippen LogP contribution in [0.2, 0.25) is 0 Å². The first-order valence-electron chi connectivity index (χ1n) is 6.93. The van der Waals surface area contributed by atoms with E-state index in [1.165, 1.54) is 0 Å². The lowest BCUT2D eigenvalue weighted by Crippen LogP contribution is -2.30.